The van der Waals surface area contributed by atoms with E-state index in [0.29, 0.717) is 11.5 Å². The molecule has 118 valence electrons. The Hall–Kier alpha value is -2.61. The predicted molar refractivity (Wildman–Crippen MR) is 81.4 cm³/mol. The van der Waals surface area contributed by atoms with Crippen molar-refractivity contribution in [1.82, 2.24) is 10.2 Å². The number of halogens is 1. The Balaban J connectivity index is 1.46. The molecular formula is C15H11BrN2O5. The van der Waals surface area contributed by atoms with Gasteiger partial charge in [-0.05, 0) is 36.4 Å². The van der Waals surface area contributed by atoms with Crippen molar-refractivity contribution in [2.24, 2.45) is 0 Å². The van der Waals surface area contributed by atoms with E-state index in [2.05, 4.69) is 26.1 Å². The van der Waals surface area contributed by atoms with Gasteiger partial charge in [-0.2, -0.15) is 0 Å². The van der Waals surface area contributed by atoms with E-state index in [1.165, 1.54) is 6.26 Å². The normalized spacial score (nSPS) is 10.5. The summed E-state index contributed by atoms with van der Waals surface area (Å²) in [7, 11) is 0. The Morgan fingerprint density at radius 3 is 2.74 bits per heavy atom. The topological polar surface area (TPSA) is 87.6 Å². The molecule has 0 bridgehead atoms. The molecule has 0 radical (unpaired) electrons. The van der Waals surface area contributed by atoms with Crippen LogP contribution in [0.5, 0.6) is 5.75 Å². The van der Waals surface area contributed by atoms with E-state index in [1.807, 2.05) is 12.1 Å². The highest BCUT2D eigenvalue weighted by molar-refractivity contribution is 9.10. The number of ether oxygens (including phenoxy) is 2. The fourth-order valence-corrected chi connectivity index (χ4v) is 1.93. The number of hydrogen-bond donors (Lipinski definition) is 0. The summed E-state index contributed by atoms with van der Waals surface area (Å²) in [5.74, 6) is 0.892. The van der Waals surface area contributed by atoms with Crippen molar-refractivity contribution in [3.8, 4) is 17.4 Å². The van der Waals surface area contributed by atoms with Gasteiger partial charge in [-0.15, -0.1) is 10.2 Å². The minimum absolute atomic E-state index is 0.129. The van der Waals surface area contributed by atoms with Gasteiger partial charge in [0.05, 0.1) is 6.26 Å². The molecule has 0 amide bonds. The molecule has 23 heavy (non-hydrogen) atoms. The van der Waals surface area contributed by atoms with Crippen molar-refractivity contribution < 1.29 is 23.1 Å². The number of esters is 1. The van der Waals surface area contributed by atoms with Crippen LogP contribution in [0.1, 0.15) is 5.89 Å². The molecule has 2 heterocycles. The molecule has 0 fully saturated rings. The first-order chi connectivity index (χ1) is 11.2. The van der Waals surface area contributed by atoms with E-state index in [0.717, 1.165) is 4.47 Å². The molecule has 0 aliphatic heterocycles. The molecule has 8 heteroatoms. The summed E-state index contributed by atoms with van der Waals surface area (Å²) in [6, 6.07) is 10.5. The molecule has 3 aromatic rings. The molecule has 0 aliphatic carbocycles. The lowest BCUT2D eigenvalue weighted by molar-refractivity contribution is -0.148. The van der Waals surface area contributed by atoms with Crippen molar-refractivity contribution in [2.45, 2.75) is 6.61 Å². The van der Waals surface area contributed by atoms with Crippen LogP contribution in [0.3, 0.4) is 0 Å². The van der Waals surface area contributed by atoms with Crippen LogP contribution in [-0.4, -0.2) is 22.8 Å². The number of carbonyl (C=O) groups excluding carboxylic acids is 1. The number of rotatable bonds is 6. The van der Waals surface area contributed by atoms with Crippen LogP contribution in [0.4, 0.5) is 0 Å². The lowest BCUT2D eigenvalue weighted by Crippen LogP contribution is -2.14. The molecule has 0 spiro atoms. The van der Waals surface area contributed by atoms with Gasteiger partial charge in [0.2, 0.25) is 0 Å². The van der Waals surface area contributed by atoms with E-state index in [-0.39, 0.29) is 25.0 Å². The zero-order chi connectivity index (χ0) is 16.1. The molecule has 0 N–H and O–H groups in total. The second kappa shape index (κ2) is 7.10. The summed E-state index contributed by atoms with van der Waals surface area (Å²) in [5, 5.41) is 7.57. The van der Waals surface area contributed by atoms with Gasteiger partial charge in [0.25, 0.3) is 11.8 Å². The molecule has 0 saturated carbocycles. The molecule has 2 aromatic heterocycles. The summed E-state index contributed by atoms with van der Waals surface area (Å²) in [6.45, 7) is -0.336. The maximum atomic E-state index is 11.6. The third-order valence-electron chi connectivity index (χ3n) is 2.73. The minimum atomic E-state index is -0.536. The lowest BCUT2D eigenvalue weighted by atomic mass is 10.3. The Bertz CT molecular complexity index is 768. The van der Waals surface area contributed by atoms with Gasteiger partial charge in [0.15, 0.2) is 19.0 Å². The van der Waals surface area contributed by atoms with Crippen LogP contribution in [0.2, 0.25) is 0 Å². The maximum absolute atomic E-state index is 11.6. The van der Waals surface area contributed by atoms with E-state index in [9.17, 15) is 4.79 Å². The number of aromatic nitrogens is 2. The molecular weight excluding hydrogens is 368 g/mol. The van der Waals surface area contributed by atoms with Gasteiger partial charge >= 0.3 is 5.97 Å². The Kier molecular flexibility index (Phi) is 4.72. The van der Waals surface area contributed by atoms with Crippen LogP contribution < -0.4 is 4.74 Å². The smallest absolute Gasteiger partial charge is 0.344 e. The molecule has 0 saturated heterocycles. The first kappa shape index (κ1) is 15.3. The van der Waals surface area contributed by atoms with E-state index in [1.54, 1.807) is 24.3 Å². The lowest BCUT2D eigenvalue weighted by Gasteiger charge is -2.05. The highest BCUT2D eigenvalue weighted by Crippen LogP contribution is 2.18. The van der Waals surface area contributed by atoms with Gasteiger partial charge < -0.3 is 18.3 Å². The SMILES string of the molecule is O=C(COc1ccc(Br)cc1)OCc1nnc(-c2ccco2)o1. The summed E-state index contributed by atoms with van der Waals surface area (Å²) in [5.41, 5.74) is 0. The molecule has 0 atom stereocenters. The number of furan rings is 1. The number of nitrogens with zero attached hydrogens (tertiary/aromatic N) is 2. The predicted octanol–water partition coefficient (Wildman–Crippen LogP) is 3.21. The van der Waals surface area contributed by atoms with Crippen molar-refractivity contribution in [2.75, 3.05) is 6.61 Å². The average molecular weight is 379 g/mol. The highest BCUT2D eigenvalue weighted by atomic mass is 79.9. The monoisotopic (exact) mass is 378 g/mol. The van der Waals surface area contributed by atoms with Gasteiger partial charge in [0, 0.05) is 4.47 Å². The summed E-state index contributed by atoms with van der Waals surface area (Å²) in [6.07, 6.45) is 1.50. The summed E-state index contributed by atoms with van der Waals surface area (Å²) < 4.78 is 21.7. The van der Waals surface area contributed by atoms with Crippen molar-refractivity contribution in [1.29, 1.82) is 0 Å². The van der Waals surface area contributed by atoms with E-state index < -0.39 is 5.97 Å². The number of hydrogen-bond acceptors (Lipinski definition) is 7. The van der Waals surface area contributed by atoms with Crippen molar-refractivity contribution in [3.63, 3.8) is 0 Å². The molecule has 7 nitrogen and oxygen atoms in total. The standard InChI is InChI=1S/C15H11BrN2O5/c16-10-3-5-11(6-4-10)21-9-14(19)22-8-13-17-18-15(23-13)12-2-1-7-20-12/h1-7H,8-9H2. The molecule has 1 aromatic carbocycles. The summed E-state index contributed by atoms with van der Waals surface area (Å²) in [4.78, 5) is 11.6. The van der Waals surface area contributed by atoms with Gasteiger partial charge in [-0.25, -0.2) is 4.79 Å². The minimum Gasteiger partial charge on any atom is -0.482 e. The van der Waals surface area contributed by atoms with E-state index in [4.69, 9.17) is 18.3 Å². The van der Waals surface area contributed by atoms with Crippen LogP contribution >= 0.6 is 15.9 Å². The van der Waals surface area contributed by atoms with Gasteiger partial charge in [-0.3, -0.25) is 0 Å². The second-order valence-corrected chi connectivity index (χ2v) is 5.30. The molecule has 3 rings (SSSR count). The average Bonchev–Trinajstić information content (AvgIpc) is 3.23. The Morgan fingerprint density at radius 1 is 1.17 bits per heavy atom. The number of carbonyl (C=O) groups is 1. The van der Waals surface area contributed by atoms with Gasteiger partial charge in [0.1, 0.15) is 5.75 Å². The van der Waals surface area contributed by atoms with E-state index >= 15 is 0 Å². The fourth-order valence-electron chi connectivity index (χ4n) is 1.67. The first-order valence-electron chi connectivity index (χ1n) is 6.61. The van der Waals surface area contributed by atoms with Gasteiger partial charge in [-0.1, -0.05) is 15.9 Å². The maximum Gasteiger partial charge on any atom is 0.344 e. The fraction of sp³-hybridized carbons (Fsp3) is 0.133. The highest BCUT2D eigenvalue weighted by Gasteiger charge is 2.13. The third kappa shape index (κ3) is 4.19. The largest absolute Gasteiger partial charge is 0.482 e. The Morgan fingerprint density at radius 2 is 2.00 bits per heavy atom. The number of benzene rings is 1. The zero-order valence-corrected chi connectivity index (χ0v) is 13.4. The van der Waals surface area contributed by atoms with Crippen LogP contribution in [0.15, 0.2) is 56.0 Å². The van der Waals surface area contributed by atoms with Crippen molar-refractivity contribution >= 4 is 21.9 Å². The molecule has 0 aliphatic rings. The van der Waals surface area contributed by atoms with Crippen LogP contribution in [0, 0.1) is 0 Å². The second-order valence-electron chi connectivity index (χ2n) is 4.38. The Labute approximate surface area is 139 Å². The summed E-state index contributed by atoms with van der Waals surface area (Å²) >= 11 is 3.32. The first-order valence-corrected chi connectivity index (χ1v) is 7.40. The van der Waals surface area contributed by atoms with Crippen LogP contribution in [-0.2, 0) is 16.1 Å². The van der Waals surface area contributed by atoms with Crippen molar-refractivity contribution in [3.05, 3.63) is 53.0 Å². The van der Waals surface area contributed by atoms with Crippen LogP contribution in [0.25, 0.3) is 11.7 Å². The zero-order valence-electron chi connectivity index (χ0n) is 11.8. The molecule has 0 unspecified atom stereocenters. The third-order valence-corrected chi connectivity index (χ3v) is 3.25. The quantitative estimate of drug-likeness (QED) is 0.608.